The number of alkyl halides is 3. The average Bonchev–Trinajstić information content (AvgIpc) is 2.35. The van der Waals surface area contributed by atoms with Crippen molar-refractivity contribution in [2.75, 3.05) is 19.6 Å². The first-order valence-corrected chi connectivity index (χ1v) is 7.93. The Hall–Kier alpha value is -0.780. The zero-order valence-electron chi connectivity index (χ0n) is 12.1. The Morgan fingerprint density at radius 3 is 2.00 bits per heavy atom. The van der Waals surface area contributed by atoms with E-state index in [4.69, 9.17) is 5.73 Å². The lowest BCUT2D eigenvalue weighted by atomic mass is 9.51. The molecule has 3 nitrogen and oxygen atoms in total. The summed E-state index contributed by atoms with van der Waals surface area (Å²) in [6.07, 6.45) is 1.05. The molecule has 6 heteroatoms. The van der Waals surface area contributed by atoms with Gasteiger partial charge in [0.2, 0.25) is 5.91 Å². The Balaban J connectivity index is 1.73. The predicted octanol–water partition coefficient (Wildman–Crippen LogP) is 2.41. The predicted molar refractivity (Wildman–Crippen MR) is 72.2 cm³/mol. The van der Waals surface area contributed by atoms with E-state index in [2.05, 4.69) is 0 Å². The van der Waals surface area contributed by atoms with E-state index < -0.39 is 12.7 Å². The third kappa shape index (κ3) is 3.05. The maximum Gasteiger partial charge on any atom is 0.406 e. The van der Waals surface area contributed by atoms with Gasteiger partial charge in [0.15, 0.2) is 0 Å². The molecule has 0 atom stereocenters. The molecule has 1 amide bonds. The van der Waals surface area contributed by atoms with Gasteiger partial charge in [0.1, 0.15) is 6.54 Å². The first-order valence-electron chi connectivity index (χ1n) is 7.93. The maximum atomic E-state index is 12.7. The lowest BCUT2D eigenvalue weighted by Crippen LogP contribution is -2.54. The highest BCUT2D eigenvalue weighted by atomic mass is 19.4. The fourth-order valence-corrected chi connectivity index (χ4v) is 5.18. The van der Waals surface area contributed by atoms with Crippen LogP contribution in [0.5, 0.6) is 0 Å². The highest BCUT2D eigenvalue weighted by Crippen LogP contribution is 2.56. The number of halogens is 3. The monoisotopic (exact) mass is 304 g/mol. The van der Waals surface area contributed by atoms with Gasteiger partial charge in [-0.25, -0.2) is 0 Å². The third-order valence-corrected chi connectivity index (χ3v) is 5.59. The van der Waals surface area contributed by atoms with Crippen LogP contribution in [0, 0.1) is 29.6 Å². The third-order valence-electron chi connectivity index (χ3n) is 5.59. The Morgan fingerprint density at radius 1 is 1.05 bits per heavy atom. The molecular weight excluding hydrogens is 281 g/mol. The highest BCUT2D eigenvalue weighted by Gasteiger charge is 2.52. The number of carbonyl (C=O) groups is 1. The quantitative estimate of drug-likeness (QED) is 0.867. The molecule has 0 aromatic carbocycles. The molecule has 0 aromatic heterocycles. The van der Waals surface area contributed by atoms with E-state index in [9.17, 15) is 18.0 Å². The highest BCUT2D eigenvalue weighted by molar-refractivity contribution is 5.80. The number of hydrogen-bond acceptors (Lipinski definition) is 2. The molecule has 0 heterocycles. The minimum atomic E-state index is -4.35. The van der Waals surface area contributed by atoms with Crippen LogP contribution in [0.1, 0.15) is 32.1 Å². The van der Waals surface area contributed by atoms with Crippen LogP contribution in [0.3, 0.4) is 0 Å². The van der Waals surface area contributed by atoms with Crippen LogP contribution in [0.2, 0.25) is 0 Å². The summed E-state index contributed by atoms with van der Waals surface area (Å²) < 4.78 is 38.0. The molecule has 0 unspecified atom stereocenters. The molecule has 4 fully saturated rings. The molecule has 120 valence electrons. The molecule has 2 N–H and O–H groups in total. The van der Waals surface area contributed by atoms with E-state index in [1.807, 2.05) is 0 Å². The SMILES string of the molecule is NCCN(CC(F)(F)F)C(=O)C1C2CC3CC(C2)CC1C3. The Kier molecular flexibility index (Phi) is 3.93. The van der Waals surface area contributed by atoms with Gasteiger partial charge >= 0.3 is 6.18 Å². The number of nitrogens with two attached hydrogens (primary N) is 1. The van der Waals surface area contributed by atoms with Crippen molar-refractivity contribution >= 4 is 5.91 Å². The van der Waals surface area contributed by atoms with Crippen LogP contribution in [0.15, 0.2) is 0 Å². The molecule has 21 heavy (non-hydrogen) atoms. The molecule has 4 aliphatic rings. The fraction of sp³-hybridized carbons (Fsp3) is 0.933. The van der Waals surface area contributed by atoms with E-state index in [1.165, 1.54) is 6.42 Å². The zero-order valence-corrected chi connectivity index (χ0v) is 12.1. The average molecular weight is 304 g/mol. The molecule has 4 bridgehead atoms. The van der Waals surface area contributed by atoms with Gasteiger partial charge in [0.25, 0.3) is 0 Å². The molecule has 0 saturated heterocycles. The van der Waals surface area contributed by atoms with Crippen molar-refractivity contribution in [3.8, 4) is 0 Å². The van der Waals surface area contributed by atoms with Gasteiger partial charge in [-0.3, -0.25) is 4.79 Å². The summed E-state index contributed by atoms with van der Waals surface area (Å²) in [7, 11) is 0. The van der Waals surface area contributed by atoms with Crippen LogP contribution in [0.4, 0.5) is 13.2 Å². The molecule has 0 radical (unpaired) electrons. The maximum absolute atomic E-state index is 12.7. The van der Waals surface area contributed by atoms with Crippen LogP contribution in [0.25, 0.3) is 0 Å². The van der Waals surface area contributed by atoms with E-state index in [0.717, 1.165) is 30.6 Å². The molecule has 4 rings (SSSR count). The molecule has 0 aromatic rings. The summed E-state index contributed by atoms with van der Waals surface area (Å²) >= 11 is 0. The summed E-state index contributed by atoms with van der Waals surface area (Å²) in [6.45, 7) is -1.08. The second kappa shape index (κ2) is 5.45. The first kappa shape index (κ1) is 15.1. The van der Waals surface area contributed by atoms with E-state index in [0.29, 0.717) is 23.7 Å². The molecule has 4 saturated carbocycles. The van der Waals surface area contributed by atoms with Gasteiger partial charge in [0.05, 0.1) is 0 Å². The number of rotatable bonds is 4. The minimum Gasteiger partial charge on any atom is -0.332 e. The van der Waals surface area contributed by atoms with Gasteiger partial charge in [-0.1, -0.05) is 0 Å². The number of carbonyl (C=O) groups excluding carboxylic acids is 1. The summed E-state index contributed by atoms with van der Waals surface area (Å²) in [5, 5.41) is 0. The molecular formula is C15H23F3N2O. The van der Waals surface area contributed by atoms with Crippen LogP contribution >= 0.6 is 0 Å². The Bertz CT molecular complexity index is 382. The molecule has 4 aliphatic carbocycles. The number of nitrogens with zero attached hydrogens (tertiary/aromatic N) is 1. The van der Waals surface area contributed by atoms with Crippen LogP contribution < -0.4 is 5.73 Å². The smallest absolute Gasteiger partial charge is 0.332 e. The second-order valence-electron chi connectivity index (χ2n) is 7.12. The number of hydrogen-bond donors (Lipinski definition) is 1. The van der Waals surface area contributed by atoms with Crippen LogP contribution in [-0.4, -0.2) is 36.6 Å². The van der Waals surface area contributed by atoms with E-state index in [1.54, 1.807) is 0 Å². The van der Waals surface area contributed by atoms with Crippen molar-refractivity contribution in [2.45, 2.75) is 38.3 Å². The molecule has 0 aliphatic heterocycles. The van der Waals surface area contributed by atoms with Crippen molar-refractivity contribution in [3.05, 3.63) is 0 Å². The van der Waals surface area contributed by atoms with Crippen molar-refractivity contribution in [1.82, 2.24) is 4.90 Å². The Labute approximate surface area is 123 Å². The van der Waals surface area contributed by atoms with Gasteiger partial charge < -0.3 is 10.6 Å². The van der Waals surface area contributed by atoms with Gasteiger partial charge in [-0.2, -0.15) is 13.2 Å². The standard InChI is InChI=1S/C15H23F3N2O/c16-15(17,18)8-20(2-1-19)14(21)13-11-4-9-3-10(6-11)7-12(13)5-9/h9-13H,1-8,19H2. The summed E-state index contributed by atoms with van der Waals surface area (Å²) in [5.41, 5.74) is 5.40. The fourth-order valence-electron chi connectivity index (χ4n) is 5.18. The van der Waals surface area contributed by atoms with Gasteiger partial charge in [-0.05, 0) is 55.8 Å². The van der Waals surface area contributed by atoms with E-state index in [-0.39, 0.29) is 24.9 Å². The van der Waals surface area contributed by atoms with E-state index >= 15 is 0 Å². The largest absolute Gasteiger partial charge is 0.406 e. The summed E-state index contributed by atoms with van der Waals surface area (Å²) in [5.74, 6) is 1.55. The van der Waals surface area contributed by atoms with Gasteiger partial charge in [0, 0.05) is 19.0 Å². The van der Waals surface area contributed by atoms with Crippen molar-refractivity contribution in [2.24, 2.45) is 35.3 Å². The first-order chi connectivity index (χ1) is 9.87. The second-order valence-corrected chi connectivity index (χ2v) is 7.12. The summed E-state index contributed by atoms with van der Waals surface area (Å²) in [4.78, 5) is 13.6. The minimum absolute atomic E-state index is 0.00113. The van der Waals surface area contributed by atoms with Crippen molar-refractivity contribution < 1.29 is 18.0 Å². The van der Waals surface area contributed by atoms with Gasteiger partial charge in [-0.15, -0.1) is 0 Å². The van der Waals surface area contributed by atoms with Crippen molar-refractivity contribution in [1.29, 1.82) is 0 Å². The normalized spacial score (nSPS) is 37.8. The van der Waals surface area contributed by atoms with Crippen molar-refractivity contribution in [3.63, 3.8) is 0 Å². The lowest BCUT2D eigenvalue weighted by Gasteiger charge is -2.54. The van der Waals surface area contributed by atoms with Crippen LogP contribution in [-0.2, 0) is 4.79 Å². The lowest BCUT2D eigenvalue weighted by molar-refractivity contribution is -0.171. The topological polar surface area (TPSA) is 46.3 Å². The summed E-state index contributed by atoms with van der Waals surface area (Å²) in [6, 6.07) is 0. The zero-order chi connectivity index (χ0) is 15.2. The number of amides is 1. The molecule has 0 spiro atoms. The Morgan fingerprint density at radius 2 is 1.57 bits per heavy atom.